The summed E-state index contributed by atoms with van der Waals surface area (Å²) in [6.07, 6.45) is 0. The summed E-state index contributed by atoms with van der Waals surface area (Å²) in [4.78, 5) is 0. The number of rotatable bonds is 3. The first-order valence-corrected chi connectivity index (χ1v) is 6.10. The van der Waals surface area contributed by atoms with E-state index in [0.29, 0.717) is 0 Å². The number of hydrogen-bond donors (Lipinski definition) is 0. The molecule has 2 rings (SSSR count). The molecule has 0 bridgehead atoms. The second-order valence-corrected chi connectivity index (χ2v) is 4.90. The Morgan fingerprint density at radius 1 is 0.850 bits per heavy atom. The van der Waals surface area contributed by atoms with Crippen LogP contribution in [0, 0.1) is 6.92 Å². The predicted octanol–water partition coefficient (Wildman–Crippen LogP) is -6.47. The van der Waals surface area contributed by atoms with Crippen molar-refractivity contribution in [3.05, 3.63) is 54.1 Å². The van der Waals surface area contributed by atoms with Gasteiger partial charge in [-0.25, -0.2) is 5.30 Å². The molecular weight excluding hydrogens is 362 g/mol. The van der Waals surface area contributed by atoms with Gasteiger partial charge in [-0.1, -0.05) is 42.0 Å². The van der Waals surface area contributed by atoms with Gasteiger partial charge in [-0.3, -0.25) is 0 Å². The average molecular weight is 376 g/mol. The van der Waals surface area contributed by atoms with Crippen LogP contribution in [0.4, 0.5) is 0 Å². The molecule has 20 heavy (non-hydrogen) atoms. The molecule has 0 aromatic heterocycles. The summed E-state index contributed by atoms with van der Waals surface area (Å²) in [6, 6.07) is 16.8. The van der Waals surface area contributed by atoms with Gasteiger partial charge in [0, 0.05) is 0 Å². The van der Waals surface area contributed by atoms with Gasteiger partial charge in [0.2, 0.25) is 0 Å². The summed E-state index contributed by atoms with van der Waals surface area (Å²) in [6.45, 7) is 2.11. The molecule has 0 aliphatic heterocycles. The largest absolute Gasteiger partial charge is 2.00 e. The van der Waals surface area contributed by atoms with Gasteiger partial charge in [-0.05, 0) is 19.1 Å². The van der Waals surface area contributed by atoms with Crippen LogP contribution in [0.15, 0.2) is 48.5 Å². The molecule has 2 aromatic carbocycles. The molecule has 0 amide bonds. The molecule has 0 fully saturated rings. The molecule has 0 atom stereocenters. The fraction of sp³-hybridized carbons (Fsp3) is 0.143. The zero-order chi connectivity index (χ0) is 11.4. The Kier molecular flexibility index (Phi) is 17.3. The smallest absolute Gasteiger partial charge is 1.00 e. The van der Waals surface area contributed by atoms with Crippen LogP contribution in [-0.2, 0) is 0 Å². The third-order valence-corrected chi connectivity index (χ3v) is 3.48. The van der Waals surface area contributed by atoms with Crippen LogP contribution in [0.3, 0.4) is 0 Å². The Hall–Kier alpha value is 0.804. The van der Waals surface area contributed by atoms with E-state index in [1.54, 1.807) is 7.11 Å². The topological polar surface area (TPSA) is 9.23 Å². The summed E-state index contributed by atoms with van der Waals surface area (Å²) >= 11 is 0. The first-order chi connectivity index (χ1) is 7.78. The minimum Gasteiger partial charge on any atom is -1.00 e. The van der Waals surface area contributed by atoms with E-state index in [9.17, 15) is 0 Å². The van der Waals surface area contributed by atoms with Crippen LogP contribution in [0.1, 0.15) is 5.56 Å². The maximum Gasteiger partial charge on any atom is 2.00 e. The third kappa shape index (κ3) is 8.30. The van der Waals surface area contributed by atoms with Gasteiger partial charge < -0.3 is 42.7 Å². The summed E-state index contributed by atoms with van der Waals surface area (Å²) < 4.78 is 5.13. The average Bonchev–Trinajstić information content (AvgIpc) is 2.33. The van der Waals surface area contributed by atoms with Crippen LogP contribution < -0.4 is 63.6 Å². The molecule has 1 nitrogen and oxygen atoms in total. The van der Waals surface area contributed by atoms with Crippen molar-refractivity contribution >= 4 is 42.2 Å². The van der Waals surface area contributed by atoms with Crippen molar-refractivity contribution in [2.24, 2.45) is 0 Å². The van der Waals surface area contributed by atoms with E-state index >= 15 is 0 Å². The van der Waals surface area contributed by atoms with Crippen LogP contribution in [-0.4, -0.2) is 30.2 Å². The molecule has 0 radical (unpaired) electrons. The van der Waals surface area contributed by atoms with Gasteiger partial charge in [0.1, 0.15) is 5.75 Å². The molecule has 0 N–H and O–H groups in total. The summed E-state index contributed by atoms with van der Waals surface area (Å²) in [5.74, 6) is 0.905. The molecule has 0 spiro atoms. The van der Waals surface area contributed by atoms with E-state index in [1.165, 1.54) is 24.8 Å². The van der Waals surface area contributed by atoms with Gasteiger partial charge >= 0.3 is 41.9 Å². The second kappa shape index (κ2) is 13.5. The minimum absolute atomic E-state index is 0. The Morgan fingerprint density at radius 2 is 1.25 bits per heavy atom. The Balaban J connectivity index is -0.000000722. The number of ether oxygens (including phenoxy) is 1. The van der Waals surface area contributed by atoms with Crippen LogP contribution >= 0.6 is 8.58 Å². The second-order valence-electron chi connectivity index (χ2n) is 3.65. The third-order valence-electron chi connectivity index (χ3n) is 2.36. The molecule has 0 unspecified atom stereocenters. The van der Waals surface area contributed by atoms with Gasteiger partial charge in [0.05, 0.1) is 7.11 Å². The maximum absolute atomic E-state index is 5.13. The summed E-state index contributed by atoms with van der Waals surface area (Å²) in [5, 5.41) is 2.60. The van der Waals surface area contributed by atoms with E-state index < -0.39 is 0 Å². The van der Waals surface area contributed by atoms with Crippen molar-refractivity contribution in [2.75, 3.05) is 7.11 Å². The predicted molar refractivity (Wildman–Crippen MR) is 76.1 cm³/mol. The Bertz CT molecular complexity index is 468. The molecular formula is C14H14BrClLiMgOP. The molecule has 0 aliphatic rings. The van der Waals surface area contributed by atoms with Crippen LogP contribution in [0.2, 0.25) is 0 Å². The number of halogens is 2. The van der Waals surface area contributed by atoms with Crippen LogP contribution in [0.5, 0.6) is 5.75 Å². The Morgan fingerprint density at radius 3 is 1.65 bits per heavy atom. The summed E-state index contributed by atoms with van der Waals surface area (Å²) in [5.41, 5.74) is 1.30. The molecule has 0 aliphatic carbocycles. The zero-order valence-corrected chi connectivity index (χ0v) is 16.6. The first kappa shape index (κ1) is 25.7. The van der Waals surface area contributed by atoms with Crippen molar-refractivity contribution in [1.29, 1.82) is 0 Å². The quantitative estimate of drug-likeness (QED) is 0.383. The zero-order valence-electron chi connectivity index (χ0n) is 11.9. The monoisotopic (exact) mass is 374 g/mol. The standard InChI is InChI=1S/C14H14OP.BrH.ClH.Li.Mg/c1-11-3-7-13(8-4-11)16-14-9-5-12(15-2)6-10-14;;;;/h3-10H,1-2H3;2*1H;;/q-1;;;+1;+2/p-2. The molecule has 6 heteroatoms. The molecule has 2 aromatic rings. The molecule has 0 saturated carbocycles. The van der Waals surface area contributed by atoms with E-state index in [-0.39, 0.29) is 71.3 Å². The molecule has 0 saturated heterocycles. The number of methoxy groups -OCH3 is 1. The van der Waals surface area contributed by atoms with Crippen molar-refractivity contribution in [3.8, 4) is 5.75 Å². The first-order valence-electron chi connectivity index (χ1n) is 5.20. The fourth-order valence-electron chi connectivity index (χ4n) is 1.43. The Labute approximate surface area is 167 Å². The van der Waals surface area contributed by atoms with E-state index in [4.69, 9.17) is 4.74 Å². The van der Waals surface area contributed by atoms with Crippen molar-refractivity contribution in [3.63, 3.8) is 0 Å². The van der Waals surface area contributed by atoms with Gasteiger partial charge in [0.15, 0.2) is 0 Å². The van der Waals surface area contributed by atoms with Gasteiger partial charge in [-0.15, -0.1) is 0 Å². The van der Waals surface area contributed by atoms with E-state index in [2.05, 4.69) is 43.3 Å². The van der Waals surface area contributed by atoms with E-state index in [0.717, 1.165) is 5.75 Å². The normalized spacial score (nSPS) is 8.70. The molecule has 0 heterocycles. The number of hydrogen-bond acceptors (Lipinski definition) is 1. The number of benzene rings is 2. The minimum atomic E-state index is 0. The van der Waals surface area contributed by atoms with Crippen molar-refractivity contribution < 1.29 is 53.0 Å². The van der Waals surface area contributed by atoms with Gasteiger partial charge in [-0.2, -0.15) is 5.30 Å². The van der Waals surface area contributed by atoms with E-state index in [1.807, 2.05) is 12.1 Å². The SMILES string of the molecule is COc1ccc([P-]c2ccc(C)cc2)cc1.[Br-].[Cl-].[Li+].[Mg+2]. The molecule has 98 valence electrons. The number of aryl methyl sites for hydroxylation is 1. The van der Waals surface area contributed by atoms with Gasteiger partial charge in [0.25, 0.3) is 0 Å². The van der Waals surface area contributed by atoms with Crippen molar-refractivity contribution in [1.82, 2.24) is 0 Å². The van der Waals surface area contributed by atoms with Crippen LogP contribution in [0.25, 0.3) is 0 Å². The fourth-order valence-corrected chi connectivity index (χ4v) is 2.32. The van der Waals surface area contributed by atoms with Crippen molar-refractivity contribution in [2.45, 2.75) is 6.92 Å². The maximum atomic E-state index is 5.13. The summed E-state index contributed by atoms with van der Waals surface area (Å²) in [7, 11) is 2.92.